The maximum Gasteiger partial charge on any atom is 0.405 e. The quantitative estimate of drug-likeness (QED) is 0.543. The minimum Gasteiger partial charge on any atom is -0.465 e. The number of anilines is 2. The van der Waals surface area contributed by atoms with Crippen molar-refractivity contribution in [1.82, 2.24) is 5.32 Å². The van der Waals surface area contributed by atoms with Gasteiger partial charge in [-0.1, -0.05) is 6.07 Å². The largest absolute Gasteiger partial charge is 0.465 e. The molecule has 1 aromatic rings. The summed E-state index contributed by atoms with van der Waals surface area (Å²) >= 11 is 0. The Balaban J connectivity index is 2.48. The topological polar surface area (TPSA) is 104 Å². The van der Waals surface area contributed by atoms with Crippen molar-refractivity contribution >= 4 is 23.4 Å². The number of hydrogen-bond acceptors (Lipinski definition) is 3. The van der Waals surface area contributed by atoms with E-state index in [1.807, 2.05) is 5.32 Å². The molecule has 0 fully saturated rings. The maximum atomic E-state index is 11.2. The fourth-order valence-corrected chi connectivity index (χ4v) is 0.977. The molecule has 0 aromatic heterocycles. The first-order valence-corrected chi connectivity index (χ1v) is 4.20. The van der Waals surface area contributed by atoms with Gasteiger partial charge in [-0.3, -0.25) is 4.79 Å². The average Bonchev–Trinajstić information content (AvgIpc) is 2.15. The molecule has 0 spiro atoms. The molecule has 6 nitrogen and oxygen atoms in total. The first-order chi connectivity index (χ1) is 7.08. The lowest BCUT2D eigenvalue weighted by Crippen LogP contribution is -2.31. The van der Waals surface area contributed by atoms with Crippen LogP contribution in [0.4, 0.5) is 16.2 Å². The van der Waals surface area contributed by atoms with Crippen LogP contribution in [-0.4, -0.2) is 23.7 Å². The van der Waals surface area contributed by atoms with E-state index >= 15 is 0 Å². The monoisotopic (exact) mass is 209 g/mol. The van der Waals surface area contributed by atoms with Crippen molar-refractivity contribution in [2.75, 3.05) is 17.6 Å². The summed E-state index contributed by atoms with van der Waals surface area (Å²) < 4.78 is 0. The molecule has 1 rings (SSSR count). The SMILES string of the molecule is Nc1cccc(NC(=O)CNC(=O)O)c1. The van der Waals surface area contributed by atoms with E-state index in [4.69, 9.17) is 10.8 Å². The molecule has 0 aliphatic heterocycles. The van der Waals surface area contributed by atoms with Crippen molar-refractivity contribution < 1.29 is 14.7 Å². The molecule has 0 heterocycles. The number of benzene rings is 1. The highest BCUT2D eigenvalue weighted by Crippen LogP contribution is 2.11. The fraction of sp³-hybridized carbons (Fsp3) is 0.111. The highest BCUT2D eigenvalue weighted by Gasteiger charge is 2.03. The Morgan fingerprint density at radius 3 is 2.73 bits per heavy atom. The van der Waals surface area contributed by atoms with Gasteiger partial charge in [0.15, 0.2) is 0 Å². The molecule has 80 valence electrons. The molecule has 1 aromatic carbocycles. The molecular weight excluding hydrogens is 198 g/mol. The van der Waals surface area contributed by atoms with Crippen molar-refractivity contribution in [2.24, 2.45) is 0 Å². The lowest BCUT2D eigenvalue weighted by Gasteiger charge is -2.05. The molecule has 15 heavy (non-hydrogen) atoms. The third-order valence-corrected chi connectivity index (χ3v) is 1.57. The Bertz CT molecular complexity index is 379. The number of amides is 2. The molecule has 6 heteroatoms. The summed E-state index contributed by atoms with van der Waals surface area (Å²) in [6.45, 7) is -0.288. The van der Waals surface area contributed by atoms with Crippen LogP contribution in [0.15, 0.2) is 24.3 Å². The third-order valence-electron chi connectivity index (χ3n) is 1.57. The molecule has 0 radical (unpaired) electrons. The number of hydrogen-bond donors (Lipinski definition) is 4. The highest BCUT2D eigenvalue weighted by molar-refractivity contribution is 5.94. The molecule has 0 saturated carbocycles. The Morgan fingerprint density at radius 1 is 1.40 bits per heavy atom. The van der Waals surface area contributed by atoms with Crippen LogP contribution < -0.4 is 16.4 Å². The summed E-state index contributed by atoms with van der Waals surface area (Å²) in [6.07, 6.45) is -1.24. The van der Waals surface area contributed by atoms with Crippen LogP contribution in [-0.2, 0) is 4.79 Å². The van der Waals surface area contributed by atoms with Crippen molar-refractivity contribution in [3.63, 3.8) is 0 Å². The van der Waals surface area contributed by atoms with Crippen LogP contribution in [0.25, 0.3) is 0 Å². The van der Waals surface area contributed by atoms with E-state index in [0.717, 1.165) is 0 Å². The van der Waals surface area contributed by atoms with E-state index in [2.05, 4.69) is 5.32 Å². The summed E-state index contributed by atoms with van der Waals surface area (Å²) in [7, 11) is 0. The molecule has 0 aliphatic carbocycles. The number of nitrogens with one attached hydrogen (secondary N) is 2. The second-order valence-corrected chi connectivity index (χ2v) is 2.83. The number of nitrogen functional groups attached to an aromatic ring is 1. The van der Waals surface area contributed by atoms with Gasteiger partial charge in [-0.05, 0) is 18.2 Å². The lowest BCUT2D eigenvalue weighted by molar-refractivity contribution is -0.115. The van der Waals surface area contributed by atoms with Gasteiger partial charge in [0, 0.05) is 11.4 Å². The van der Waals surface area contributed by atoms with E-state index in [0.29, 0.717) is 11.4 Å². The van der Waals surface area contributed by atoms with Crippen LogP contribution in [0.5, 0.6) is 0 Å². The van der Waals surface area contributed by atoms with Gasteiger partial charge in [0.1, 0.15) is 6.54 Å². The van der Waals surface area contributed by atoms with Gasteiger partial charge in [-0.25, -0.2) is 4.79 Å². The number of carbonyl (C=O) groups excluding carboxylic acids is 1. The molecule has 0 atom stereocenters. The summed E-state index contributed by atoms with van der Waals surface area (Å²) in [4.78, 5) is 21.2. The van der Waals surface area contributed by atoms with Crippen LogP contribution >= 0.6 is 0 Å². The van der Waals surface area contributed by atoms with Gasteiger partial charge in [0.05, 0.1) is 0 Å². The number of carboxylic acid groups (broad SMARTS) is 1. The van der Waals surface area contributed by atoms with Crippen LogP contribution in [0.2, 0.25) is 0 Å². The third kappa shape index (κ3) is 3.99. The molecule has 5 N–H and O–H groups in total. The Kier molecular flexibility index (Phi) is 3.50. The van der Waals surface area contributed by atoms with E-state index in [1.165, 1.54) is 0 Å². The van der Waals surface area contributed by atoms with Gasteiger partial charge >= 0.3 is 6.09 Å². The average molecular weight is 209 g/mol. The number of rotatable bonds is 3. The van der Waals surface area contributed by atoms with E-state index in [1.54, 1.807) is 24.3 Å². The summed E-state index contributed by atoms with van der Waals surface area (Å²) in [6, 6.07) is 6.62. The summed E-state index contributed by atoms with van der Waals surface area (Å²) in [5, 5.41) is 12.7. The van der Waals surface area contributed by atoms with Crippen molar-refractivity contribution in [3.8, 4) is 0 Å². The van der Waals surface area contributed by atoms with E-state index in [9.17, 15) is 9.59 Å². The highest BCUT2D eigenvalue weighted by atomic mass is 16.4. The van der Waals surface area contributed by atoms with Crippen molar-refractivity contribution in [1.29, 1.82) is 0 Å². The van der Waals surface area contributed by atoms with Gasteiger partial charge in [0.2, 0.25) is 5.91 Å². The first-order valence-electron chi connectivity index (χ1n) is 4.20. The zero-order chi connectivity index (χ0) is 11.3. The number of nitrogens with two attached hydrogens (primary N) is 1. The van der Waals surface area contributed by atoms with Crippen LogP contribution in [0.1, 0.15) is 0 Å². The molecule has 0 bridgehead atoms. The molecule has 2 amide bonds. The molecular formula is C9H11N3O3. The fourth-order valence-electron chi connectivity index (χ4n) is 0.977. The van der Waals surface area contributed by atoms with Crippen molar-refractivity contribution in [2.45, 2.75) is 0 Å². The smallest absolute Gasteiger partial charge is 0.405 e. The Labute approximate surface area is 86.1 Å². The molecule has 0 aliphatic rings. The van der Waals surface area contributed by atoms with Crippen molar-refractivity contribution in [3.05, 3.63) is 24.3 Å². The standard InChI is InChI=1S/C9H11N3O3/c10-6-2-1-3-7(4-6)12-8(13)5-11-9(14)15/h1-4,11H,5,10H2,(H,12,13)(H,14,15). The van der Waals surface area contributed by atoms with Gasteiger partial charge < -0.3 is 21.5 Å². The van der Waals surface area contributed by atoms with E-state index < -0.39 is 12.0 Å². The predicted molar refractivity (Wildman–Crippen MR) is 55.5 cm³/mol. The minimum atomic E-state index is -1.24. The first kappa shape index (κ1) is 10.8. The Morgan fingerprint density at radius 2 is 2.13 bits per heavy atom. The summed E-state index contributed by atoms with van der Waals surface area (Å²) in [5.41, 5.74) is 6.56. The van der Waals surface area contributed by atoms with E-state index in [-0.39, 0.29) is 6.54 Å². The zero-order valence-corrected chi connectivity index (χ0v) is 7.86. The maximum absolute atomic E-state index is 11.2. The second kappa shape index (κ2) is 4.85. The van der Waals surface area contributed by atoms with Crippen LogP contribution in [0, 0.1) is 0 Å². The molecule has 0 saturated heterocycles. The lowest BCUT2D eigenvalue weighted by atomic mass is 10.3. The molecule has 0 unspecified atom stereocenters. The Hall–Kier alpha value is -2.24. The van der Waals surface area contributed by atoms with Gasteiger partial charge in [0.25, 0.3) is 0 Å². The van der Waals surface area contributed by atoms with Gasteiger partial charge in [-0.2, -0.15) is 0 Å². The predicted octanol–water partition coefficient (Wildman–Crippen LogP) is 0.475. The summed E-state index contributed by atoms with van der Waals surface area (Å²) in [5.74, 6) is -0.442. The zero-order valence-electron chi connectivity index (χ0n) is 7.86. The van der Waals surface area contributed by atoms with Gasteiger partial charge in [-0.15, -0.1) is 0 Å². The normalized spacial score (nSPS) is 9.33. The number of carbonyl (C=O) groups is 2. The second-order valence-electron chi connectivity index (χ2n) is 2.83. The van der Waals surface area contributed by atoms with Crippen LogP contribution in [0.3, 0.4) is 0 Å². The minimum absolute atomic E-state index is 0.288.